The number of nitrogens with one attached hydrogen (secondary N) is 1. The van der Waals surface area contributed by atoms with Crippen molar-refractivity contribution in [3.63, 3.8) is 0 Å². The minimum absolute atomic E-state index is 0.217. The molecular formula is C11H13N3O3S. The Balaban J connectivity index is 2.14. The van der Waals surface area contributed by atoms with Crippen LogP contribution < -0.4 is 11.3 Å². The summed E-state index contributed by atoms with van der Waals surface area (Å²) in [6.07, 6.45) is 1.03. The molecule has 0 spiro atoms. The minimum atomic E-state index is -0.417. The van der Waals surface area contributed by atoms with Crippen molar-refractivity contribution in [2.75, 3.05) is 19.7 Å². The van der Waals surface area contributed by atoms with E-state index < -0.39 is 6.10 Å². The number of pyridine rings is 1. The minimum Gasteiger partial charge on any atom is -0.391 e. The molecule has 1 aliphatic heterocycles. The summed E-state index contributed by atoms with van der Waals surface area (Å²) in [5.41, 5.74) is 5.55. The molecule has 1 amide bonds. The highest BCUT2D eigenvalue weighted by Crippen LogP contribution is 2.09. The number of morpholine rings is 1. The van der Waals surface area contributed by atoms with Crippen LogP contribution in [0.5, 0.6) is 0 Å². The molecule has 1 aromatic rings. The van der Waals surface area contributed by atoms with Gasteiger partial charge in [0.2, 0.25) is 5.56 Å². The van der Waals surface area contributed by atoms with Gasteiger partial charge in [0.05, 0.1) is 13.2 Å². The summed E-state index contributed by atoms with van der Waals surface area (Å²) in [6, 6.07) is 2.84. The zero-order valence-electron chi connectivity index (χ0n) is 9.59. The van der Waals surface area contributed by atoms with Gasteiger partial charge in [-0.2, -0.15) is 0 Å². The Morgan fingerprint density at radius 1 is 1.61 bits per heavy atom. The van der Waals surface area contributed by atoms with E-state index in [4.69, 9.17) is 22.7 Å². The molecule has 18 heavy (non-hydrogen) atoms. The smallest absolute Gasteiger partial charge is 0.254 e. The average Bonchev–Trinajstić information content (AvgIpc) is 2.38. The zero-order valence-corrected chi connectivity index (χ0v) is 10.4. The quantitative estimate of drug-likeness (QED) is 0.705. The van der Waals surface area contributed by atoms with Gasteiger partial charge in [0.25, 0.3) is 5.91 Å². The van der Waals surface area contributed by atoms with E-state index in [1.54, 1.807) is 11.0 Å². The van der Waals surface area contributed by atoms with Gasteiger partial charge in [0.15, 0.2) is 0 Å². The molecule has 1 unspecified atom stereocenters. The Morgan fingerprint density at radius 3 is 3.06 bits per heavy atom. The molecule has 0 aliphatic carbocycles. The highest BCUT2D eigenvalue weighted by Gasteiger charge is 2.26. The summed E-state index contributed by atoms with van der Waals surface area (Å²) in [6.45, 7) is 1.17. The number of H-pyrrole nitrogens is 1. The molecule has 0 saturated carbocycles. The predicted octanol–water partition coefficient (Wildman–Crippen LogP) is -0.498. The normalized spacial score (nSPS) is 19.6. The summed E-state index contributed by atoms with van der Waals surface area (Å²) in [5, 5.41) is 0. The van der Waals surface area contributed by atoms with E-state index in [9.17, 15) is 9.59 Å². The van der Waals surface area contributed by atoms with Gasteiger partial charge in [-0.15, -0.1) is 0 Å². The molecule has 2 heterocycles. The van der Waals surface area contributed by atoms with E-state index in [2.05, 4.69) is 4.98 Å². The molecule has 3 N–H and O–H groups in total. The number of rotatable bonds is 2. The number of amides is 1. The molecule has 2 rings (SSSR count). The first-order chi connectivity index (χ1) is 8.58. The van der Waals surface area contributed by atoms with Crippen LogP contribution in [0.2, 0.25) is 0 Å². The van der Waals surface area contributed by atoms with Gasteiger partial charge in [0.1, 0.15) is 11.1 Å². The zero-order chi connectivity index (χ0) is 13.1. The Morgan fingerprint density at radius 2 is 2.39 bits per heavy atom. The lowest BCUT2D eigenvalue weighted by Crippen LogP contribution is -2.50. The molecule has 96 valence electrons. The number of nitrogens with two attached hydrogens (primary N) is 1. The highest BCUT2D eigenvalue weighted by atomic mass is 32.1. The molecule has 0 bridgehead atoms. The third-order valence-corrected chi connectivity index (χ3v) is 2.96. The van der Waals surface area contributed by atoms with Crippen molar-refractivity contribution in [2.24, 2.45) is 5.73 Å². The number of ether oxygens (including phenoxy) is 1. The van der Waals surface area contributed by atoms with Gasteiger partial charge in [-0.05, 0) is 6.07 Å². The van der Waals surface area contributed by atoms with Crippen LogP contribution >= 0.6 is 12.2 Å². The van der Waals surface area contributed by atoms with Crippen LogP contribution in [0.1, 0.15) is 10.4 Å². The molecule has 0 aromatic carbocycles. The third kappa shape index (κ3) is 2.74. The van der Waals surface area contributed by atoms with Crippen molar-refractivity contribution >= 4 is 23.1 Å². The standard InChI is InChI=1S/C11H13N3O3S/c12-10(18)8-6-14(3-4-17-8)11(16)7-1-2-13-9(15)5-7/h1-2,5,8H,3-4,6H2,(H2,12,18)(H,13,15). The molecule has 1 atom stereocenters. The second-order valence-corrected chi connectivity index (χ2v) is 4.43. The fourth-order valence-corrected chi connectivity index (χ4v) is 1.91. The van der Waals surface area contributed by atoms with Gasteiger partial charge in [0, 0.05) is 24.4 Å². The van der Waals surface area contributed by atoms with Crippen LogP contribution in [0, 0.1) is 0 Å². The lowest BCUT2D eigenvalue weighted by atomic mass is 10.2. The lowest BCUT2D eigenvalue weighted by molar-refractivity contribution is 0.00877. The van der Waals surface area contributed by atoms with Crippen LogP contribution in [0.15, 0.2) is 23.1 Å². The van der Waals surface area contributed by atoms with Crippen molar-refractivity contribution in [3.8, 4) is 0 Å². The SMILES string of the molecule is NC(=S)C1CN(C(=O)c2cc[nH]c(=O)c2)CCO1. The topological polar surface area (TPSA) is 88.4 Å². The van der Waals surface area contributed by atoms with Gasteiger partial charge in [-0.1, -0.05) is 12.2 Å². The van der Waals surface area contributed by atoms with E-state index in [1.807, 2.05) is 0 Å². The van der Waals surface area contributed by atoms with Gasteiger partial charge < -0.3 is 20.4 Å². The lowest BCUT2D eigenvalue weighted by Gasteiger charge is -2.32. The van der Waals surface area contributed by atoms with E-state index in [0.29, 0.717) is 25.3 Å². The Kier molecular flexibility index (Phi) is 3.73. The van der Waals surface area contributed by atoms with Gasteiger partial charge in [-0.25, -0.2) is 0 Å². The first kappa shape index (κ1) is 12.7. The van der Waals surface area contributed by atoms with Crippen LogP contribution in [-0.2, 0) is 4.74 Å². The number of hydrogen-bond donors (Lipinski definition) is 2. The van der Waals surface area contributed by atoms with E-state index >= 15 is 0 Å². The van der Waals surface area contributed by atoms with Crippen LogP contribution in [-0.4, -0.2) is 46.6 Å². The van der Waals surface area contributed by atoms with Crippen molar-refractivity contribution in [1.82, 2.24) is 9.88 Å². The van der Waals surface area contributed by atoms with Crippen molar-refractivity contribution in [2.45, 2.75) is 6.10 Å². The number of carbonyl (C=O) groups is 1. The maximum Gasteiger partial charge on any atom is 0.254 e. The summed E-state index contributed by atoms with van der Waals surface area (Å²) in [7, 11) is 0. The molecule has 1 aliphatic rings. The molecule has 1 aromatic heterocycles. The van der Waals surface area contributed by atoms with Crippen LogP contribution in [0.3, 0.4) is 0 Å². The number of aromatic nitrogens is 1. The largest absolute Gasteiger partial charge is 0.391 e. The summed E-state index contributed by atoms with van der Waals surface area (Å²) in [4.78, 5) is 27.6. The first-order valence-electron chi connectivity index (χ1n) is 5.47. The third-order valence-electron chi connectivity index (χ3n) is 2.69. The summed E-state index contributed by atoms with van der Waals surface area (Å²) >= 11 is 4.85. The monoisotopic (exact) mass is 267 g/mol. The molecule has 0 radical (unpaired) electrons. The number of carbonyl (C=O) groups excluding carboxylic acids is 1. The van der Waals surface area contributed by atoms with Crippen molar-refractivity contribution < 1.29 is 9.53 Å². The van der Waals surface area contributed by atoms with Crippen LogP contribution in [0.25, 0.3) is 0 Å². The number of thiocarbonyl (C=S) groups is 1. The Bertz CT molecular complexity index is 528. The van der Waals surface area contributed by atoms with Gasteiger partial charge in [-0.3, -0.25) is 9.59 Å². The summed E-state index contributed by atoms with van der Waals surface area (Å²) < 4.78 is 5.35. The molecular weight excluding hydrogens is 254 g/mol. The number of nitrogens with zero attached hydrogens (tertiary/aromatic N) is 1. The van der Waals surface area contributed by atoms with E-state index in [1.165, 1.54) is 12.3 Å². The predicted molar refractivity (Wildman–Crippen MR) is 69.5 cm³/mol. The molecule has 1 saturated heterocycles. The van der Waals surface area contributed by atoms with E-state index in [0.717, 1.165) is 0 Å². The highest BCUT2D eigenvalue weighted by molar-refractivity contribution is 7.80. The number of aromatic amines is 1. The number of hydrogen-bond acceptors (Lipinski definition) is 4. The summed E-state index contributed by atoms with van der Waals surface area (Å²) in [5.74, 6) is -0.217. The fourth-order valence-electron chi connectivity index (χ4n) is 1.77. The van der Waals surface area contributed by atoms with Crippen molar-refractivity contribution in [1.29, 1.82) is 0 Å². The average molecular weight is 267 g/mol. The maximum atomic E-state index is 12.2. The second kappa shape index (κ2) is 5.28. The maximum absolute atomic E-state index is 12.2. The van der Waals surface area contributed by atoms with Crippen molar-refractivity contribution in [3.05, 3.63) is 34.2 Å². The molecule has 1 fully saturated rings. The molecule has 7 heteroatoms. The van der Waals surface area contributed by atoms with E-state index in [-0.39, 0.29) is 16.5 Å². The fraction of sp³-hybridized carbons (Fsp3) is 0.364. The van der Waals surface area contributed by atoms with Crippen LogP contribution in [0.4, 0.5) is 0 Å². The van der Waals surface area contributed by atoms with Gasteiger partial charge >= 0.3 is 0 Å². The molecule has 6 nitrogen and oxygen atoms in total. The Labute approximate surface area is 109 Å². The first-order valence-corrected chi connectivity index (χ1v) is 5.87. The second-order valence-electron chi connectivity index (χ2n) is 3.95. The Hall–Kier alpha value is -1.73.